The molecule has 18 heavy (non-hydrogen) atoms. The Morgan fingerprint density at radius 1 is 1.28 bits per heavy atom. The number of hydrogen-bond donors (Lipinski definition) is 0. The first-order valence-electron chi connectivity index (χ1n) is 4.85. The number of nitrogens with zero attached hydrogens (tertiary/aromatic N) is 1. The largest absolute Gasteiger partial charge is 0.618 e. The second-order valence-corrected chi connectivity index (χ2v) is 3.62. The molecule has 0 saturated heterocycles. The van der Waals surface area contributed by atoms with Gasteiger partial charge in [0.1, 0.15) is 5.75 Å². The Morgan fingerprint density at radius 3 is 2.33 bits per heavy atom. The zero-order valence-corrected chi connectivity index (χ0v) is 9.46. The molecule has 1 atom stereocenters. The van der Waals surface area contributed by atoms with Gasteiger partial charge in [-0.3, -0.25) is 0 Å². The lowest BCUT2D eigenvalue weighted by molar-refractivity contribution is -0.612. The highest BCUT2D eigenvalue weighted by Gasteiger charge is 2.49. The standard InChI is InChI=1S/C10H10F5NO2/c1-5-6(2)16(17)4-3-7(5)18-10(14,15)8(11)9(12)13/h3-4,8-9H,1-2H3. The summed E-state index contributed by atoms with van der Waals surface area (Å²) in [5, 5.41) is 11.1. The van der Waals surface area contributed by atoms with E-state index in [1.165, 1.54) is 13.8 Å². The van der Waals surface area contributed by atoms with Crippen LogP contribution in [-0.4, -0.2) is 18.7 Å². The first kappa shape index (κ1) is 14.5. The molecular formula is C10H10F5NO2. The molecule has 1 unspecified atom stereocenters. The van der Waals surface area contributed by atoms with Gasteiger partial charge in [-0.15, -0.1) is 0 Å². The summed E-state index contributed by atoms with van der Waals surface area (Å²) in [5.74, 6) is -0.520. The average Bonchev–Trinajstić information content (AvgIpc) is 2.28. The van der Waals surface area contributed by atoms with Crippen LogP contribution in [0, 0.1) is 19.1 Å². The van der Waals surface area contributed by atoms with E-state index >= 15 is 0 Å². The van der Waals surface area contributed by atoms with Gasteiger partial charge in [0.25, 0.3) is 12.6 Å². The van der Waals surface area contributed by atoms with Crippen LogP contribution in [0.4, 0.5) is 22.0 Å². The predicted octanol–water partition coefficient (Wildman–Crippen LogP) is 2.51. The van der Waals surface area contributed by atoms with Crippen molar-refractivity contribution in [2.24, 2.45) is 0 Å². The van der Waals surface area contributed by atoms with Crippen LogP contribution in [0.2, 0.25) is 0 Å². The fraction of sp³-hybridized carbons (Fsp3) is 0.500. The first-order chi connectivity index (χ1) is 8.16. The normalized spacial score (nSPS) is 13.8. The lowest BCUT2D eigenvalue weighted by atomic mass is 10.2. The molecule has 0 radical (unpaired) electrons. The third-order valence-electron chi connectivity index (χ3n) is 2.39. The summed E-state index contributed by atoms with van der Waals surface area (Å²) in [4.78, 5) is 0. The van der Waals surface area contributed by atoms with Crippen molar-refractivity contribution in [3.05, 3.63) is 28.7 Å². The van der Waals surface area contributed by atoms with Gasteiger partial charge >= 0.3 is 6.11 Å². The summed E-state index contributed by atoms with van der Waals surface area (Å²) in [6, 6.07) is 0.863. The maximum Gasteiger partial charge on any atom is 0.435 e. The number of aromatic nitrogens is 1. The highest BCUT2D eigenvalue weighted by molar-refractivity contribution is 5.31. The molecule has 0 aliphatic rings. The molecule has 0 aromatic carbocycles. The molecule has 1 aromatic heterocycles. The van der Waals surface area contributed by atoms with E-state index in [0.29, 0.717) is 4.73 Å². The quantitative estimate of drug-likeness (QED) is 0.479. The summed E-state index contributed by atoms with van der Waals surface area (Å²) >= 11 is 0. The number of pyridine rings is 1. The third-order valence-corrected chi connectivity index (χ3v) is 2.39. The lowest BCUT2D eigenvalue weighted by Gasteiger charge is -2.22. The molecule has 0 spiro atoms. The number of ether oxygens (including phenoxy) is 1. The minimum Gasteiger partial charge on any atom is -0.618 e. The Bertz CT molecular complexity index is 439. The summed E-state index contributed by atoms with van der Waals surface area (Å²) < 4.78 is 66.7. The van der Waals surface area contributed by atoms with Gasteiger partial charge in [-0.25, -0.2) is 13.2 Å². The second kappa shape index (κ2) is 4.95. The smallest absolute Gasteiger partial charge is 0.435 e. The lowest BCUT2D eigenvalue weighted by Crippen LogP contribution is -2.41. The number of alkyl halides is 5. The van der Waals surface area contributed by atoms with E-state index in [0.717, 1.165) is 12.3 Å². The Labute approximate surface area is 99.4 Å². The van der Waals surface area contributed by atoms with Crippen molar-refractivity contribution in [2.75, 3.05) is 0 Å². The zero-order valence-electron chi connectivity index (χ0n) is 9.46. The van der Waals surface area contributed by atoms with Crippen LogP contribution < -0.4 is 9.47 Å². The molecule has 0 saturated carbocycles. The van der Waals surface area contributed by atoms with E-state index in [2.05, 4.69) is 4.74 Å². The Balaban J connectivity index is 3.01. The van der Waals surface area contributed by atoms with Crippen LogP contribution in [-0.2, 0) is 0 Å². The molecule has 0 aliphatic carbocycles. The van der Waals surface area contributed by atoms with Gasteiger partial charge in [0.05, 0.1) is 5.56 Å². The second-order valence-electron chi connectivity index (χ2n) is 3.62. The highest BCUT2D eigenvalue weighted by atomic mass is 19.3. The van der Waals surface area contributed by atoms with Crippen LogP contribution in [0.5, 0.6) is 5.75 Å². The fourth-order valence-corrected chi connectivity index (χ4v) is 1.18. The number of hydrogen-bond acceptors (Lipinski definition) is 2. The maximum absolute atomic E-state index is 13.0. The molecule has 8 heteroatoms. The molecular weight excluding hydrogens is 261 g/mol. The topological polar surface area (TPSA) is 36.2 Å². The van der Waals surface area contributed by atoms with Crippen molar-refractivity contribution in [3.63, 3.8) is 0 Å². The Morgan fingerprint density at radius 2 is 1.83 bits per heavy atom. The Kier molecular flexibility index (Phi) is 3.98. The summed E-state index contributed by atoms with van der Waals surface area (Å²) in [6.07, 6.45) is -11.4. The van der Waals surface area contributed by atoms with Crippen molar-refractivity contribution in [1.82, 2.24) is 0 Å². The van der Waals surface area contributed by atoms with Gasteiger partial charge in [-0.2, -0.15) is 13.5 Å². The predicted molar refractivity (Wildman–Crippen MR) is 51.4 cm³/mol. The van der Waals surface area contributed by atoms with Crippen molar-refractivity contribution >= 4 is 0 Å². The molecule has 102 valence electrons. The van der Waals surface area contributed by atoms with Crippen LogP contribution in [0.1, 0.15) is 11.3 Å². The fourth-order valence-electron chi connectivity index (χ4n) is 1.18. The molecule has 0 N–H and O–H groups in total. The summed E-state index contributed by atoms with van der Waals surface area (Å²) in [5.41, 5.74) is 0.0735. The van der Waals surface area contributed by atoms with Gasteiger partial charge in [-0.1, -0.05) is 0 Å². The number of rotatable bonds is 4. The van der Waals surface area contributed by atoms with E-state index in [1.807, 2.05) is 0 Å². The van der Waals surface area contributed by atoms with Crippen molar-refractivity contribution < 1.29 is 31.4 Å². The molecule has 1 rings (SSSR count). The van der Waals surface area contributed by atoms with Gasteiger partial charge in [0, 0.05) is 13.0 Å². The molecule has 3 nitrogen and oxygen atoms in total. The maximum atomic E-state index is 13.0. The molecule has 0 amide bonds. The average molecular weight is 271 g/mol. The van der Waals surface area contributed by atoms with Crippen molar-refractivity contribution in [1.29, 1.82) is 0 Å². The van der Waals surface area contributed by atoms with Gasteiger partial charge in [0.15, 0.2) is 11.9 Å². The van der Waals surface area contributed by atoms with Gasteiger partial charge in [-0.05, 0) is 6.92 Å². The van der Waals surface area contributed by atoms with Crippen molar-refractivity contribution in [2.45, 2.75) is 32.6 Å². The van der Waals surface area contributed by atoms with Gasteiger partial charge in [0.2, 0.25) is 0 Å². The highest BCUT2D eigenvalue weighted by Crippen LogP contribution is 2.31. The molecule has 0 aliphatic heterocycles. The monoisotopic (exact) mass is 271 g/mol. The minimum absolute atomic E-state index is 0.0219. The van der Waals surface area contributed by atoms with Crippen LogP contribution >= 0.6 is 0 Å². The van der Waals surface area contributed by atoms with E-state index in [1.54, 1.807) is 0 Å². The van der Waals surface area contributed by atoms with E-state index in [9.17, 15) is 27.2 Å². The van der Waals surface area contributed by atoms with Gasteiger partial charge < -0.3 is 9.94 Å². The molecule has 1 aromatic rings. The SMILES string of the molecule is Cc1c(OC(F)(F)C(F)C(F)F)cc[n+]([O-])c1C. The molecule has 0 bridgehead atoms. The van der Waals surface area contributed by atoms with E-state index in [-0.39, 0.29) is 11.3 Å². The number of halogens is 5. The van der Waals surface area contributed by atoms with Crippen LogP contribution in [0.3, 0.4) is 0 Å². The van der Waals surface area contributed by atoms with Crippen LogP contribution in [0.25, 0.3) is 0 Å². The Hall–Kier alpha value is -1.60. The third kappa shape index (κ3) is 2.80. The van der Waals surface area contributed by atoms with E-state index < -0.39 is 24.5 Å². The molecule has 0 fully saturated rings. The summed E-state index contributed by atoms with van der Waals surface area (Å²) in [7, 11) is 0. The minimum atomic E-state index is -4.67. The first-order valence-corrected chi connectivity index (χ1v) is 4.85. The molecule has 1 heterocycles. The van der Waals surface area contributed by atoms with E-state index in [4.69, 9.17) is 0 Å². The van der Waals surface area contributed by atoms with Crippen LogP contribution in [0.15, 0.2) is 12.3 Å². The van der Waals surface area contributed by atoms with Crippen molar-refractivity contribution in [3.8, 4) is 5.75 Å². The zero-order chi connectivity index (χ0) is 14.1. The summed E-state index contributed by atoms with van der Waals surface area (Å²) in [6.45, 7) is 2.61.